The molecule has 0 aromatic carbocycles. The summed E-state index contributed by atoms with van der Waals surface area (Å²) in [4.78, 5) is 19.8. The number of aliphatic carboxylic acids is 2. The van der Waals surface area contributed by atoms with Crippen LogP contribution in [0.4, 0.5) is 0 Å². The van der Waals surface area contributed by atoms with Crippen LogP contribution in [-0.2, 0) is 9.59 Å². The monoisotopic (exact) mass is 518 g/mol. The molecule has 0 heterocycles. The Morgan fingerprint density at radius 3 is 2.27 bits per heavy atom. The van der Waals surface area contributed by atoms with Gasteiger partial charge in [-0.2, -0.15) is 0 Å². The molecule has 0 saturated heterocycles. The molecule has 0 bridgehead atoms. The first-order chi connectivity index (χ1) is 17.3. The van der Waals surface area contributed by atoms with Gasteiger partial charge in [-0.05, 0) is 97.7 Å². The van der Waals surface area contributed by atoms with E-state index in [2.05, 4.69) is 40.7 Å². The van der Waals surface area contributed by atoms with Crippen molar-refractivity contribution in [1.82, 2.24) is 0 Å². The van der Waals surface area contributed by atoms with Crippen LogP contribution in [0, 0.1) is 52.3 Å². The van der Waals surface area contributed by atoms with Gasteiger partial charge in [-0.25, -0.2) is 0 Å². The van der Waals surface area contributed by atoms with E-state index in [4.69, 9.17) is 10.2 Å². The Kier molecular flexibility index (Phi) is 9.97. The third kappa shape index (κ3) is 6.62. The predicted molar refractivity (Wildman–Crippen MR) is 148 cm³/mol. The van der Waals surface area contributed by atoms with Gasteiger partial charge in [-0.15, -0.1) is 0 Å². The van der Waals surface area contributed by atoms with Gasteiger partial charge < -0.3 is 15.3 Å². The summed E-state index contributed by atoms with van der Waals surface area (Å²) in [6.45, 7) is 13.9. The predicted octanol–water partition coefficient (Wildman–Crippen LogP) is 7.57. The molecule has 0 aromatic rings. The maximum atomic E-state index is 10.2. The molecule has 4 aliphatic rings. The average Bonchev–Trinajstić information content (AvgIpc) is 3.16. The van der Waals surface area contributed by atoms with E-state index in [9.17, 15) is 14.7 Å². The molecule has 0 radical (unpaired) electrons. The Morgan fingerprint density at radius 2 is 1.68 bits per heavy atom. The number of carboxylic acids is 2. The van der Waals surface area contributed by atoms with Crippen LogP contribution in [0.2, 0.25) is 0 Å². The van der Waals surface area contributed by atoms with E-state index in [-0.39, 0.29) is 12.5 Å². The first-order valence-corrected chi connectivity index (χ1v) is 15.1. The highest BCUT2D eigenvalue weighted by atomic mass is 16.4. The minimum absolute atomic E-state index is 0.0766. The van der Waals surface area contributed by atoms with E-state index >= 15 is 0 Å². The summed E-state index contributed by atoms with van der Waals surface area (Å²) in [5.41, 5.74) is 2.60. The smallest absolute Gasteiger partial charge is 0.306 e. The van der Waals surface area contributed by atoms with Crippen molar-refractivity contribution >= 4 is 11.9 Å². The highest BCUT2D eigenvalue weighted by molar-refractivity contribution is 5.77. The maximum absolute atomic E-state index is 10.2. The van der Waals surface area contributed by atoms with Crippen molar-refractivity contribution in [3.8, 4) is 0 Å². The summed E-state index contributed by atoms with van der Waals surface area (Å²) < 4.78 is 0. The van der Waals surface area contributed by atoms with Gasteiger partial charge in [-0.3, -0.25) is 9.59 Å². The normalized spacial score (nSPS) is 38.3. The van der Waals surface area contributed by atoms with Crippen LogP contribution in [0.5, 0.6) is 0 Å². The SMILES string of the molecule is CC(C)CCCC(C)[C@H]1CC[C@H]2[C@@H]3CC=C4C[C@@H](O)CC[C@]4(C)[C@H]3CC[C@]12C.CC(CC(=O)O)C(=O)O. The van der Waals surface area contributed by atoms with Gasteiger partial charge in [0.2, 0.25) is 0 Å². The largest absolute Gasteiger partial charge is 0.481 e. The fraction of sp³-hybridized carbons (Fsp3) is 0.875. The van der Waals surface area contributed by atoms with Gasteiger partial charge in [0, 0.05) is 0 Å². The van der Waals surface area contributed by atoms with Gasteiger partial charge in [-0.1, -0.05) is 72.5 Å². The van der Waals surface area contributed by atoms with Crippen molar-refractivity contribution < 1.29 is 24.9 Å². The van der Waals surface area contributed by atoms with Crippen molar-refractivity contribution in [2.45, 2.75) is 125 Å². The highest BCUT2D eigenvalue weighted by Crippen LogP contribution is 2.67. The molecule has 37 heavy (non-hydrogen) atoms. The molecule has 3 saturated carbocycles. The zero-order chi connectivity index (χ0) is 27.5. The molecular weight excluding hydrogens is 464 g/mol. The van der Waals surface area contributed by atoms with Crippen molar-refractivity contribution in [1.29, 1.82) is 0 Å². The standard InChI is InChI=1S/C27H46O.C5H8O4/c1-18(2)7-6-8-19(3)23-11-12-24-22-10-9-20-17-21(28)13-15-26(20,4)25(22)14-16-27(23,24)5;1-3(5(8)9)2-4(6)7/h9,18-19,21-25,28H,6-8,10-17H2,1-5H3;3H,2H2,1H3,(H,6,7)(H,8,9)/t19?,21-,22-,23+,24-,25-,26-,27+;/m0./s1. The number of carbonyl (C=O) groups is 2. The molecule has 3 fully saturated rings. The van der Waals surface area contributed by atoms with Crippen molar-refractivity contribution in [2.75, 3.05) is 0 Å². The first-order valence-electron chi connectivity index (χ1n) is 15.1. The third-order valence-electron chi connectivity index (χ3n) is 11.2. The number of rotatable bonds is 8. The molecule has 0 aromatic heterocycles. The lowest BCUT2D eigenvalue weighted by Gasteiger charge is -2.58. The molecular formula is C32H54O5. The zero-order valence-electron chi connectivity index (χ0n) is 24.3. The Balaban J connectivity index is 0.000000364. The molecule has 0 amide bonds. The first kappa shape index (κ1) is 30.2. The topological polar surface area (TPSA) is 94.8 Å². The third-order valence-corrected chi connectivity index (χ3v) is 11.2. The molecule has 3 N–H and O–H groups in total. The van der Waals surface area contributed by atoms with Gasteiger partial charge in [0.05, 0.1) is 18.4 Å². The van der Waals surface area contributed by atoms with Crippen LogP contribution >= 0.6 is 0 Å². The van der Waals surface area contributed by atoms with Gasteiger partial charge in [0.25, 0.3) is 0 Å². The van der Waals surface area contributed by atoms with E-state index < -0.39 is 17.9 Å². The molecule has 0 aliphatic heterocycles. The maximum Gasteiger partial charge on any atom is 0.306 e. The van der Waals surface area contributed by atoms with E-state index in [0.29, 0.717) is 10.8 Å². The Bertz CT molecular complexity index is 833. The summed E-state index contributed by atoms with van der Waals surface area (Å²) in [7, 11) is 0. The van der Waals surface area contributed by atoms with E-state index in [0.717, 1.165) is 48.3 Å². The lowest BCUT2D eigenvalue weighted by molar-refractivity contribution is -0.147. The van der Waals surface area contributed by atoms with Crippen LogP contribution in [0.15, 0.2) is 11.6 Å². The van der Waals surface area contributed by atoms with Gasteiger partial charge in [0.1, 0.15) is 0 Å². The van der Waals surface area contributed by atoms with Crippen LogP contribution < -0.4 is 0 Å². The van der Waals surface area contributed by atoms with Gasteiger partial charge >= 0.3 is 11.9 Å². The Labute approximate surface area is 225 Å². The second kappa shape index (κ2) is 12.2. The molecule has 4 aliphatic carbocycles. The van der Waals surface area contributed by atoms with Crippen LogP contribution in [0.1, 0.15) is 119 Å². The molecule has 212 valence electrons. The number of hydrogen-bond acceptors (Lipinski definition) is 3. The summed E-state index contributed by atoms with van der Waals surface area (Å²) in [6, 6.07) is 0. The summed E-state index contributed by atoms with van der Waals surface area (Å²) in [5, 5.41) is 26.4. The number of aliphatic hydroxyl groups is 1. The van der Waals surface area contributed by atoms with Crippen molar-refractivity contribution in [2.24, 2.45) is 52.3 Å². The minimum Gasteiger partial charge on any atom is -0.481 e. The lowest BCUT2D eigenvalue weighted by Crippen LogP contribution is -2.50. The number of fused-ring (bicyclic) bond motifs is 5. The number of carboxylic acid groups (broad SMARTS) is 2. The summed E-state index contributed by atoms with van der Waals surface area (Å²) in [6.07, 6.45) is 16.9. The van der Waals surface area contributed by atoms with E-state index in [1.807, 2.05) is 0 Å². The van der Waals surface area contributed by atoms with Crippen LogP contribution in [0.25, 0.3) is 0 Å². The molecule has 9 atom stereocenters. The van der Waals surface area contributed by atoms with Crippen LogP contribution in [-0.4, -0.2) is 33.4 Å². The molecule has 2 unspecified atom stereocenters. The highest BCUT2D eigenvalue weighted by Gasteiger charge is 2.59. The minimum atomic E-state index is -1.08. The van der Waals surface area contributed by atoms with Crippen LogP contribution in [0.3, 0.4) is 0 Å². The Morgan fingerprint density at radius 1 is 0.973 bits per heavy atom. The van der Waals surface area contributed by atoms with Crippen molar-refractivity contribution in [3.05, 3.63) is 11.6 Å². The summed E-state index contributed by atoms with van der Waals surface area (Å²) >= 11 is 0. The van der Waals surface area contributed by atoms with Crippen molar-refractivity contribution in [3.63, 3.8) is 0 Å². The molecule has 5 nitrogen and oxygen atoms in total. The fourth-order valence-corrected chi connectivity index (χ4v) is 9.02. The van der Waals surface area contributed by atoms with Gasteiger partial charge in [0.15, 0.2) is 0 Å². The molecule has 0 spiro atoms. The number of allylic oxidation sites excluding steroid dienone is 1. The fourth-order valence-electron chi connectivity index (χ4n) is 9.02. The van der Waals surface area contributed by atoms with E-state index in [1.165, 1.54) is 64.7 Å². The van der Waals surface area contributed by atoms with E-state index in [1.54, 1.807) is 5.57 Å². The number of aliphatic hydroxyl groups excluding tert-OH is 1. The Hall–Kier alpha value is -1.36. The zero-order valence-corrected chi connectivity index (χ0v) is 24.3. The summed E-state index contributed by atoms with van der Waals surface area (Å²) in [5.74, 6) is 2.52. The molecule has 5 heteroatoms. The lowest BCUT2D eigenvalue weighted by atomic mass is 9.47. The molecule has 4 rings (SSSR count). The second-order valence-corrected chi connectivity index (χ2v) is 14.0. The average molecular weight is 519 g/mol. The second-order valence-electron chi connectivity index (χ2n) is 14.0. The number of hydrogen-bond donors (Lipinski definition) is 3. The quantitative estimate of drug-likeness (QED) is 0.288.